The van der Waals surface area contributed by atoms with Crippen molar-refractivity contribution >= 4 is 17.6 Å². The van der Waals surface area contributed by atoms with Crippen molar-refractivity contribution in [2.75, 3.05) is 19.5 Å². The van der Waals surface area contributed by atoms with Gasteiger partial charge in [0, 0.05) is 23.0 Å². The number of fused-ring (bicyclic) bond motifs is 1. The lowest BCUT2D eigenvalue weighted by Gasteiger charge is -2.20. The Morgan fingerprint density at radius 2 is 2.12 bits per heavy atom. The number of hydrogen-bond acceptors (Lipinski definition) is 7. The maximum atomic E-state index is 11.7. The zero-order valence-electron chi connectivity index (χ0n) is 15.3. The smallest absolute Gasteiger partial charge is 0.337 e. The highest BCUT2D eigenvalue weighted by atomic mass is 16.5. The molecule has 0 spiro atoms. The molecule has 0 radical (unpaired) electrons. The first-order valence-electron chi connectivity index (χ1n) is 8.29. The molecular formula is C19H22N4O3. The molecule has 0 unspecified atom stereocenters. The quantitative estimate of drug-likeness (QED) is 0.821. The zero-order valence-corrected chi connectivity index (χ0v) is 15.3. The Balaban J connectivity index is 1.72. The zero-order chi connectivity index (χ0) is 18.7. The molecule has 2 aromatic rings. The first-order valence-corrected chi connectivity index (χ1v) is 8.29. The van der Waals surface area contributed by atoms with Crippen LogP contribution in [0.2, 0.25) is 0 Å². The standard InChI is InChI=1S/C19H22N4O3/c1-11-8-20-16(12(2)17(11)25-3)10-22-19-21-9-14-6-5-13(18(24)26-4)7-15(14)23-19/h5-8H,9-10H2,1-4H3,(H2,21,22,23). The van der Waals surface area contributed by atoms with Crippen LogP contribution in [0.4, 0.5) is 5.69 Å². The summed E-state index contributed by atoms with van der Waals surface area (Å²) < 4.78 is 10.2. The molecule has 2 N–H and O–H groups in total. The van der Waals surface area contributed by atoms with Crippen molar-refractivity contribution in [3.8, 4) is 5.75 Å². The average molecular weight is 354 g/mol. The third-order valence-electron chi connectivity index (χ3n) is 4.36. The predicted octanol–water partition coefficient (Wildman–Crippen LogP) is 2.56. The van der Waals surface area contributed by atoms with Crippen molar-refractivity contribution in [2.45, 2.75) is 26.9 Å². The van der Waals surface area contributed by atoms with E-state index >= 15 is 0 Å². The van der Waals surface area contributed by atoms with Gasteiger partial charge >= 0.3 is 5.97 Å². The Morgan fingerprint density at radius 3 is 2.85 bits per heavy atom. The number of nitrogens with zero attached hydrogens (tertiary/aromatic N) is 2. The van der Waals surface area contributed by atoms with E-state index in [9.17, 15) is 4.79 Å². The average Bonchev–Trinajstić information content (AvgIpc) is 2.66. The molecule has 26 heavy (non-hydrogen) atoms. The molecule has 0 atom stereocenters. The fourth-order valence-electron chi connectivity index (χ4n) is 2.92. The molecule has 0 saturated carbocycles. The number of guanidine groups is 1. The number of aliphatic imine (C=N–C) groups is 1. The number of esters is 1. The maximum Gasteiger partial charge on any atom is 0.337 e. The number of benzene rings is 1. The van der Waals surface area contributed by atoms with Gasteiger partial charge in [-0.05, 0) is 31.5 Å². The molecule has 1 aliphatic heterocycles. The minimum absolute atomic E-state index is 0.363. The summed E-state index contributed by atoms with van der Waals surface area (Å²) in [4.78, 5) is 20.7. The molecule has 7 nitrogen and oxygen atoms in total. The number of anilines is 1. The second-order valence-corrected chi connectivity index (χ2v) is 6.05. The van der Waals surface area contributed by atoms with E-state index in [4.69, 9.17) is 9.47 Å². The number of pyridine rings is 1. The minimum Gasteiger partial charge on any atom is -0.496 e. The molecule has 136 valence electrons. The molecule has 1 aliphatic rings. The van der Waals surface area contributed by atoms with Crippen LogP contribution in [0.25, 0.3) is 0 Å². The van der Waals surface area contributed by atoms with Crippen molar-refractivity contribution in [3.05, 3.63) is 52.3 Å². The van der Waals surface area contributed by atoms with Gasteiger partial charge in [-0.1, -0.05) is 6.07 Å². The predicted molar refractivity (Wildman–Crippen MR) is 99.6 cm³/mol. The van der Waals surface area contributed by atoms with Gasteiger partial charge in [-0.3, -0.25) is 4.98 Å². The second kappa shape index (κ2) is 7.43. The van der Waals surface area contributed by atoms with Crippen LogP contribution in [-0.4, -0.2) is 31.1 Å². The number of carbonyl (C=O) groups is 1. The van der Waals surface area contributed by atoms with E-state index < -0.39 is 0 Å². The third kappa shape index (κ3) is 3.46. The number of carbonyl (C=O) groups excluding carboxylic acids is 1. The Labute approximate surface area is 152 Å². The molecule has 0 saturated heterocycles. The van der Waals surface area contributed by atoms with Crippen molar-refractivity contribution in [2.24, 2.45) is 4.99 Å². The fraction of sp³-hybridized carbons (Fsp3) is 0.316. The van der Waals surface area contributed by atoms with Crippen LogP contribution in [0.15, 0.2) is 29.4 Å². The summed E-state index contributed by atoms with van der Waals surface area (Å²) in [6, 6.07) is 5.40. The molecule has 2 heterocycles. The first-order chi connectivity index (χ1) is 12.5. The summed E-state index contributed by atoms with van der Waals surface area (Å²) in [6.07, 6.45) is 1.80. The van der Waals surface area contributed by atoms with Gasteiger partial charge in [0.15, 0.2) is 5.96 Å². The van der Waals surface area contributed by atoms with Gasteiger partial charge in [-0.15, -0.1) is 0 Å². The Kier molecular flexibility index (Phi) is 5.06. The lowest BCUT2D eigenvalue weighted by atomic mass is 10.1. The molecule has 3 rings (SSSR count). The highest BCUT2D eigenvalue weighted by molar-refractivity contribution is 5.98. The first kappa shape index (κ1) is 17.7. The molecule has 0 aliphatic carbocycles. The molecular weight excluding hydrogens is 332 g/mol. The molecule has 1 aromatic carbocycles. The van der Waals surface area contributed by atoms with Crippen LogP contribution in [-0.2, 0) is 17.8 Å². The van der Waals surface area contributed by atoms with Crippen molar-refractivity contribution in [1.82, 2.24) is 10.3 Å². The molecule has 0 bridgehead atoms. The SMILES string of the molecule is COC(=O)c1ccc2c(c1)NC(NCc1ncc(C)c(OC)c1C)=NC2. The summed E-state index contributed by atoms with van der Waals surface area (Å²) in [6.45, 7) is 5.01. The highest BCUT2D eigenvalue weighted by Gasteiger charge is 2.16. The van der Waals surface area contributed by atoms with Gasteiger partial charge < -0.3 is 20.1 Å². The molecule has 0 fully saturated rings. The monoisotopic (exact) mass is 354 g/mol. The third-order valence-corrected chi connectivity index (χ3v) is 4.36. The molecule has 1 aromatic heterocycles. The molecule has 7 heteroatoms. The van der Waals surface area contributed by atoms with E-state index in [1.54, 1.807) is 25.4 Å². The maximum absolute atomic E-state index is 11.7. The summed E-state index contributed by atoms with van der Waals surface area (Å²) >= 11 is 0. The van der Waals surface area contributed by atoms with Crippen LogP contribution in [0, 0.1) is 13.8 Å². The fourth-order valence-corrected chi connectivity index (χ4v) is 2.92. The highest BCUT2D eigenvalue weighted by Crippen LogP contribution is 2.25. The summed E-state index contributed by atoms with van der Waals surface area (Å²) in [7, 11) is 3.03. The van der Waals surface area contributed by atoms with Crippen LogP contribution in [0.1, 0.15) is 32.7 Å². The Morgan fingerprint density at radius 1 is 1.31 bits per heavy atom. The normalized spacial score (nSPS) is 12.5. The van der Waals surface area contributed by atoms with Gasteiger partial charge in [-0.2, -0.15) is 0 Å². The van der Waals surface area contributed by atoms with Crippen LogP contribution in [0.3, 0.4) is 0 Å². The van der Waals surface area contributed by atoms with Crippen LogP contribution < -0.4 is 15.4 Å². The lowest BCUT2D eigenvalue weighted by molar-refractivity contribution is 0.0601. The number of ether oxygens (including phenoxy) is 2. The van der Waals surface area contributed by atoms with Gasteiger partial charge in [0.05, 0.1) is 38.6 Å². The van der Waals surface area contributed by atoms with Gasteiger partial charge in [-0.25, -0.2) is 9.79 Å². The van der Waals surface area contributed by atoms with E-state index in [0.29, 0.717) is 24.6 Å². The van der Waals surface area contributed by atoms with Crippen LogP contribution >= 0.6 is 0 Å². The molecule has 0 amide bonds. The van der Waals surface area contributed by atoms with Crippen molar-refractivity contribution in [3.63, 3.8) is 0 Å². The number of aryl methyl sites for hydroxylation is 1. The van der Waals surface area contributed by atoms with E-state index in [2.05, 4.69) is 20.6 Å². The number of hydrogen-bond donors (Lipinski definition) is 2. The Bertz CT molecular complexity index is 877. The lowest BCUT2D eigenvalue weighted by Crippen LogP contribution is -2.33. The van der Waals surface area contributed by atoms with Gasteiger partial charge in [0.1, 0.15) is 5.75 Å². The largest absolute Gasteiger partial charge is 0.496 e. The van der Waals surface area contributed by atoms with Gasteiger partial charge in [0.25, 0.3) is 0 Å². The van der Waals surface area contributed by atoms with Gasteiger partial charge in [0.2, 0.25) is 0 Å². The summed E-state index contributed by atoms with van der Waals surface area (Å²) in [5.41, 5.74) is 5.27. The topological polar surface area (TPSA) is 84.8 Å². The minimum atomic E-state index is -0.363. The van der Waals surface area contributed by atoms with Crippen molar-refractivity contribution < 1.29 is 14.3 Å². The Hall–Kier alpha value is -3.09. The van der Waals surface area contributed by atoms with Crippen LogP contribution in [0.5, 0.6) is 5.75 Å². The number of nitrogens with one attached hydrogen (secondary N) is 2. The number of aromatic nitrogens is 1. The second-order valence-electron chi connectivity index (χ2n) is 6.05. The van der Waals surface area contributed by atoms with E-state index in [1.807, 2.05) is 19.9 Å². The van der Waals surface area contributed by atoms with E-state index in [0.717, 1.165) is 33.8 Å². The summed E-state index contributed by atoms with van der Waals surface area (Å²) in [5.74, 6) is 1.13. The van der Waals surface area contributed by atoms with E-state index in [-0.39, 0.29) is 5.97 Å². The number of rotatable bonds is 4. The van der Waals surface area contributed by atoms with E-state index in [1.165, 1.54) is 7.11 Å². The summed E-state index contributed by atoms with van der Waals surface area (Å²) in [5, 5.41) is 6.48. The van der Waals surface area contributed by atoms with Crippen molar-refractivity contribution in [1.29, 1.82) is 0 Å². The number of methoxy groups -OCH3 is 2.